The van der Waals surface area contributed by atoms with E-state index in [1.807, 2.05) is 6.20 Å². The zero-order valence-electron chi connectivity index (χ0n) is 12.8. The van der Waals surface area contributed by atoms with E-state index in [9.17, 15) is 0 Å². The van der Waals surface area contributed by atoms with Crippen LogP contribution in [0.2, 0.25) is 0 Å². The Morgan fingerprint density at radius 3 is 2.81 bits per heavy atom. The van der Waals surface area contributed by atoms with Crippen molar-refractivity contribution < 1.29 is 0 Å². The van der Waals surface area contributed by atoms with Crippen LogP contribution in [0.3, 0.4) is 0 Å². The third-order valence-corrected chi connectivity index (χ3v) is 4.05. The number of imidazole rings is 1. The first kappa shape index (κ1) is 14.0. The quantitative estimate of drug-likeness (QED) is 0.881. The molecule has 0 atom stereocenters. The Labute approximate surface area is 126 Å². The van der Waals surface area contributed by atoms with Gasteiger partial charge >= 0.3 is 0 Å². The average molecular weight is 284 g/mol. The van der Waals surface area contributed by atoms with Gasteiger partial charge in [0.2, 0.25) is 0 Å². The maximum Gasteiger partial charge on any atom is 0.128 e. The molecular weight excluding hydrogens is 260 g/mol. The van der Waals surface area contributed by atoms with Crippen LogP contribution >= 0.6 is 0 Å². The molecule has 1 saturated heterocycles. The maximum atomic E-state index is 4.46. The van der Waals surface area contributed by atoms with E-state index in [1.54, 1.807) is 0 Å². The molecule has 0 unspecified atom stereocenters. The number of benzene rings is 1. The molecule has 1 aromatic carbocycles. The van der Waals surface area contributed by atoms with Crippen LogP contribution in [-0.2, 0) is 13.1 Å². The van der Waals surface area contributed by atoms with Gasteiger partial charge in [0.15, 0.2) is 0 Å². The highest BCUT2D eigenvalue weighted by atomic mass is 15.2. The van der Waals surface area contributed by atoms with Gasteiger partial charge in [0.05, 0.1) is 17.9 Å². The lowest BCUT2D eigenvalue weighted by atomic mass is 10.2. The monoisotopic (exact) mass is 284 g/mol. The van der Waals surface area contributed by atoms with Gasteiger partial charge in [-0.25, -0.2) is 4.98 Å². The maximum absolute atomic E-state index is 4.46. The number of rotatable bonds is 6. The number of hydrogen-bond donors (Lipinski definition) is 1. The molecule has 0 radical (unpaired) electrons. The summed E-state index contributed by atoms with van der Waals surface area (Å²) in [6, 6.07) is 8.60. The molecule has 0 amide bonds. The summed E-state index contributed by atoms with van der Waals surface area (Å²) in [6.07, 6.45) is 7.68. The van der Waals surface area contributed by atoms with Gasteiger partial charge < -0.3 is 14.8 Å². The predicted molar refractivity (Wildman–Crippen MR) is 87.7 cm³/mol. The van der Waals surface area contributed by atoms with Crippen molar-refractivity contribution in [3.63, 3.8) is 0 Å². The molecule has 1 fully saturated rings. The smallest absolute Gasteiger partial charge is 0.128 e. The summed E-state index contributed by atoms with van der Waals surface area (Å²) in [5.41, 5.74) is 2.54. The highest BCUT2D eigenvalue weighted by molar-refractivity contribution is 5.70. The Morgan fingerprint density at radius 1 is 1.19 bits per heavy atom. The van der Waals surface area contributed by atoms with E-state index in [0.717, 1.165) is 25.3 Å². The normalized spacial score (nSPS) is 14.6. The molecule has 1 aliphatic rings. The molecule has 4 nitrogen and oxygen atoms in total. The summed E-state index contributed by atoms with van der Waals surface area (Å²) in [5, 5.41) is 3.57. The van der Waals surface area contributed by atoms with Gasteiger partial charge in [-0.05, 0) is 31.4 Å². The standard InChI is InChI=1S/C17H24N4/c1-2-10-21-13-9-18-17(21)14-19-15-7-3-4-8-16(15)20-11-5-6-12-20/h3-4,7-9,13,19H,2,5-6,10-12,14H2,1H3. The highest BCUT2D eigenvalue weighted by Gasteiger charge is 2.15. The Kier molecular flexibility index (Phi) is 4.43. The molecule has 0 spiro atoms. The summed E-state index contributed by atoms with van der Waals surface area (Å²) >= 11 is 0. The summed E-state index contributed by atoms with van der Waals surface area (Å²) in [6.45, 7) is 6.34. The average Bonchev–Trinajstić information content (AvgIpc) is 3.17. The van der Waals surface area contributed by atoms with Crippen molar-refractivity contribution in [2.45, 2.75) is 39.3 Å². The molecular formula is C17H24N4. The minimum atomic E-state index is 0.776. The fourth-order valence-corrected chi connectivity index (χ4v) is 2.98. The zero-order valence-corrected chi connectivity index (χ0v) is 12.8. The summed E-state index contributed by atoms with van der Waals surface area (Å²) < 4.78 is 2.23. The van der Waals surface area contributed by atoms with Crippen molar-refractivity contribution in [3.8, 4) is 0 Å². The lowest BCUT2D eigenvalue weighted by Gasteiger charge is -2.22. The molecule has 1 N–H and O–H groups in total. The van der Waals surface area contributed by atoms with Crippen molar-refractivity contribution >= 4 is 11.4 Å². The molecule has 1 aliphatic heterocycles. The number of anilines is 2. The van der Waals surface area contributed by atoms with Crippen LogP contribution in [0, 0.1) is 0 Å². The van der Waals surface area contributed by atoms with Crippen LogP contribution in [0.15, 0.2) is 36.7 Å². The highest BCUT2D eigenvalue weighted by Crippen LogP contribution is 2.28. The first-order chi connectivity index (χ1) is 10.4. The molecule has 0 bridgehead atoms. The molecule has 0 saturated carbocycles. The van der Waals surface area contributed by atoms with Gasteiger partial charge in [-0.1, -0.05) is 19.1 Å². The number of nitrogens with one attached hydrogen (secondary N) is 1. The molecule has 112 valence electrons. The molecule has 2 aromatic rings. The second-order valence-corrected chi connectivity index (χ2v) is 5.60. The first-order valence-electron chi connectivity index (χ1n) is 7.96. The Hall–Kier alpha value is -1.97. The number of nitrogens with zero attached hydrogens (tertiary/aromatic N) is 3. The van der Waals surface area contributed by atoms with Gasteiger partial charge in [-0.15, -0.1) is 0 Å². The number of aromatic nitrogens is 2. The van der Waals surface area contributed by atoms with Gasteiger partial charge in [0.25, 0.3) is 0 Å². The number of para-hydroxylation sites is 2. The molecule has 1 aromatic heterocycles. The van der Waals surface area contributed by atoms with Crippen LogP contribution in [0.5, 0.6) is 0 Å². The molecule has 4 heteroatoms. The van der Waals surface area contributed by atoms with E-state index in [-0.39, 0.29) is 0 Å². The van der Waals surface area contributed by atoms with Gasteiger partial charge in [-0.3, -0.25) is 0 Å². The fraction of sp³-hybridized carbons (Fsp3) is 0.471. The third-order valence-electron chi connectivity index (χ3n) is 4.05. The van der Waals surface area contributed by atoms with Crippen LogP contribution in [-0.4, -0.2) is 22.6 Å². The number of aryl methyl sites for hydroxylation is 1. The zero-order chi connectivity index (χ0) is 14.5. The lowest BCUT2D eigenvalue weighted by molar-refractivity contribution is 0.644. The van der Waals surface area contributed by atoms with Gasteiger partial charge in [-0.2, -0.15) is 0 Å². The first-order valence-corrected chi connectivity index (χ1v) is 7.96. The van der Waals surface area contributed by atoms with Crippen LogP contribution in [0.25, 0.3) is 0 Å². The van der Waals surface area contributed by atoms with E-state index in [2.05, 4.69) is 57.2 Å². The summed E-state index contributed by atoms with van der Waals surface area (Å²) in [7, 11) is 0. The van der Waals surface area contributed by atoms with Crippen LogP contribution < -0.4 is 10.2 Å². The largest absolute Gasteiger partial charge is 0.376 e. The van der Waals surface area contributed by atoms with Crippen molar-refractivity contribution in [3.05, 3.63) is 42.5 Å². The van der Waals surface area contributed by atoms with Crippen molar-refractivity contribution in [2.24, 2.45) is 0 Å². The van der Waals surface area contributed by atoms with E-state index in [1.165, 1.54) is 37.3 Å². The van der Waals surface area contributed by atoms with E-state index in [4.69, 9.17) is 0 Å². The van der Waals surface area contributed by atoms with Gasteiger partial charge in [0.1, 0.15) is 5.82 Å². The second-order valence-electron chi connectivity index (χ2n) is 5.60. The third kappa shape index (κ3) is 3.20. The minimum absolute atomic E-state index is 0.776. The Balaban J connectivity index is 1.71. The van der Waals surface area contributed by atoms with E-state index in [0.29, 0.717) is 0 Å². The predicted octanol–water partition coefficient (Wildman–Crippen LogP) is 3.51. The lowest BCUT2D eigenvalue weighted by Crippen LogP contribution is -2.19. The number of hydrogen-bond acceptors (Lipinski definition) is 3. The molecule has 21 heavy (non-hydrogen) atoms. The van der Waals surface area contributed by atoms with Gasteiger partial charge in [0, 0.05) is 32.0 Å². The minimum Gasteiger partial charge on any atom is -0.376 e. The van der Waals surface area contributed by atoms with Crippen molar-refractivity contribution in [2.75, 3.05) is 23.3 Å². The van der Waals surface area contributed by atoms with E-state index < -0.39 is 0 Å². The second kappa shape index (κ2) is 6.66. The van der Waals surface area contributed by atoms with Crippen LogP contribution in [0.1, 0.15) is 32.0 Å². The fourth-order valence-electron chi connectivity index (χ4n) is 2.98. The molecule has 2 heterocycles. The summed E-state index contributed by atoms with van der Waals surface area (Å²) in [5.74, 6) is 1.10. The van der Waals surface area contributed by atoms with Crippen molar-refractivity contribution in [1.29, 1.82) is 0 Å². The topological polar surface area (TPSA) is 33.1 Å². The van der Waals surface area contributed by atoms with E-state index >= 15 is 0 Å². The Bertz CT molecular complexity index is 570. The molecule has 0 aliphatic carbocycles. The molecule has 3 rings (SSSR count). The van der Waals surface area contributed by atoms with Crippen molar-refractivity contribution in [1.82, 2.24) is 9.55 Å². The SMILES string of the molecule is CCCn1ccnc1CNc1ccccc1N1CCCC1. The summed E-state index contributed by atoms with van der Waals surface area (Å²) in [4.78, 5) is 6.94. The van der Waals surface area contributed by atoms with Crippen LogP contribution in [0.4, 0.5) is 11.4 Å². The Morgan fingerprint density at radius 2 is 2.00 bits per heavy atom.